The van der Waals surface area contributed by atoms with Crippen LogP contribution in [0.1, 0.15) is 38.9 Å². The zero-order valence-electron chi connectivity index (χ0n) is 19.6. The Bertz CT molecular complexity index is 1100. The molecule has 1 amide bonds. The van der Waals surface area contributed by atoms with Gasteiger partial charge in [-0.15, -0.1) is 10.2 Å². The van der Waals surface area contributed by atoms with Crippen LogP contribution in [0.2, 0.25) is 0 Å². The Kier molecular flexibility index (Phi) is 7.91. The van der Waals surface area contributed by atoms with Gasteiger partial charge in [-0.3, -0.25) is 9.36 Å². The highest BCUT2D eigenvalue weighted by atomic mass is 32.2. The molecule has 0 saturated carbocycles. The van der Waals surface area contributed by atoms with E-state index in [1.54, 1.807) is 11.2 Å². The SMILES string of the molecule is CC1CCN(c2nnc(SC(C)C(=O)N(CCC#N)c3ccccc3)n2Cc2ccco2)CC1. The molecule has 9 heteroatoms. The number of furan rings is 1. The predicted octanol–water partition coefficient (Wildman–Crippen LogP) is 4.58. The molecular weight excluding hydrogens is 448 g/mol. The first-order chi connectivity index (χ1) is 16.6. The summed E-state index contributed by atoms with van der Waals surface area (Å²) in [7, 11) is 0. The average Bonchev–Trinajstić information content (AvgIpc) is 3.51. The number of hydrogen-bond acceptors (Lipinski definition) is 7. The summed E-state index contributed by atoms with van der Waals surface area (Å²) in [6.07, 6.45) is 4.17. The number of nitriles is 1. The number of carbonyl (C=O) groups is 1. The van der Waals surface area contributed by atoms with Crippen LogP contribution in [0.4, 0.5) is 11.6 Å². The molecule has 4 rings (SSSR count). The molecule has 0 aliphatic carbocycles. The molecule has 0 radical (unpaired) electrons. The summed E-state index contributed by atoms with van der Waals surface area (Å²) in [6, 6.07) is 15.4. The van der Waals surface area contributed by atoms with E-state index in [-0.39, 0.29) is 12.3 Å². The quantitative estimate of drug-likeness (QED) is 0.416. The fourth-order valence-corrected chi connectivity index (χ4v) is 4.98. The van der Waals surface area contributed by atoms with Crippen LogP contribution in [0.3, 0.4) is 0 Å². The van der Waals surface area contributed by atoms with Crippen LogP contribution in [0.25, 0.3) is 0 Å². The summed E-state index contributed by atoms with van der Waals surface area (Å²) in [6.45, 7) is 6.88. The molecule has 0 bridgehead atoms. The largest absolute Gasteiger partial charge is 0.467 e. The number of para-hydroxylation sites is 1. The van der Waals surface area contributed by atoms with Crippen LogP contribution in [0.15, 0.2) is 58.3 Å². The fourth-order valence-electron chi connectivity index (χ4n) is 4.07. The minimum atomic E-state index is -0.410. The van der Waals surface area contributed by atoms with E-state index in [2.05, 4.69) is 28.1 Å². The summed E-state index contributed by atoms with van der Waals surface area (Å²) >= 11 is 1.39. The maximum absolute atomic E-state index is 13.4. The normalized spacial score (nSPS) is 15.1. The zero-order valence-corrected chi connectivity index (χ0v) is 20.4. The van der Waals surface area contributed by atoms with Gasteiger partial charge in [0, 0.05) is 25.3 Å². The van der Waals surface area contributed by atoms with E-state index >= 15 is 0 Å². The molecule has 1 fully saturated rings. The molecule has 1 aromatic carbocycles. The molecule has 178 valence electrons. The van der Waals surface area contributed by atoms with E-state index in [0.29, 0.717) is 24.2 Å². The Morgan fingerprint density at radius 1 is 1.24 bits per heavy atom. The minimum absolute atomic E-state index is 0.0626. The number of benzene rings is 1. The number of rotatable bonds is 9. The lowest BCUT2D eigenvalue weighted by Gasteiger charge is -2.31. The number of aromatic nitrogens is 3. The molecule has 8 nitrogen and oxygen atoms in total. The molecule has 1 saturated heterocycles. The van der Waals surface area contributed by atoms with Crippen molar-refractivity contribution >= 4 is 29.3 Å². The van der Waals surface area contributed by atoms with Crippen molar-refractivity contribution < 1.29 is 9.21 Å². The highest BCUT2D eigenvalue weighted by Crippen LogP contribution is 2.30. The number of hydrogen-bond donors (Lipinski definition) is 0. The molecule has 1 unspecified atom stereocenters. The zero-order chi connectivity index (χ0) is 23.9. The van der Waals surface area contributed by atoms with Gasteiger partial charge in [0.1, 0.15) is 5.76 Å². The van der Waals surface area contributed by atoms with Crippen LogP contribution in [-0.4, -0.2) is 45.6 Å². The van der Waals surface area contributed by atoms with Crippen LogP contribution < -0.4 is 9.80 Å². The van der Waals surface area contributed by atoms with Crippen LogP contribution >= 0.6 is 11.8 Å². The van der Waals surface area contributed by atoms with Crippen molar-refractivity contribution in [2.45, 2.75) is 50.1 Å². The van der Waals surface area contributed by atoms with Gasteiger partial charge in [-0.25, -0.2) is 0 Å². The first kappa shape index (κ1) is 23.9. The lowest BCUT2D eigenvalue weighted by Crippen LogP contribution is -2.37. The predicted molar refractivity (Wildman–Crippen MR) is 133 cm³/mol. The molecule has 1 aliphatic rings. The van der Waals surface area contributed by atoms with Crippen LogP contribution in [0, 0.1) is 17.2 Å². The van der Waals surface area contributed by atoms with Gasteiger partial charge in [-0.2, -0.15) is 5.26 Å². The van der Waals surface area contributed by atoms with E-state index in [4.69, 9.17) is 9.68 Å². The first-order valence-electron chi connectivity index (χ1n) is 11.7. The van der Waals surface area contributed by atoms with Crippen LogP contribution in [-0.2, 0) is 11.3 Å². The van der Waals surface area contributed by atoms with E-state index in [1.807, 2.05) is 54.0 Å². The lowest BCUT2D eigenvalue weighted by atomic mass is 10.00. The number of nitrogens with zero attached hydrogens (tertiary/aromatic N) is 6. The third kappa shape index (κ3) is 5.62. The third-order valence-electron chi connectivity index (χ3n) is 6.07. The van der Waals surface area contributed by atoms with Crippen molar-refractivity contribution in [2.24, 2.45) is 5.92 Å². The van der Waals surface area contributed by atoms with Gasteiger partial charge in [-0.1, -0.05) is 36.9 Å². The second kappa shape index (κ2) is 11.3. The molecule has 34 heavy (non-hydrogen) atoms. The Balaban J connectivity index is 1.56. The standard InChI is InChI=1S/C25H30N6O2S/c1-19-11-15-29(16-12-19)24-27-28-25(31(24)18-22-10-6-17-33-22)34-20(2)23(32)30(14-7-13-26)21-8-4-3-5-9-21/h3-6,8-10,17,19-20H,7,11-12,14-16,18H2,1-2H3. The second-order valence-electron chi connectivity index (χ2n) is 8.61. The Morgan fingerprint density at radius 2 is 2.00 bits per heavy atom. The number of thioether (sulfide) groups is 1. The van der Waals surface area contributed by atoms with Crippen molar-refractivity contribution in [3.05, 3.63) is 54.5 Å². The van der Waals surface area contributed by atoms with Crippen molar-refractivity contribution in [3.63, 3.8) is 0 Å². The topological polar surface area (TPSA) is 91.2 Å². The maximum Gasteiger partial charge on any atom is 0.240 e. The molecule has 3 heterocycles. The summed E-state index contributed by atoms with van der Waals surface area (Å²) in [5, 5.41) is 18.4. The second-order valence-corrected chi connectivity index (χ2v) is 9.92. The number of amides is 1. The van der Waals surface area contributed by atoms with Gasteiger partial charge in [-0.05, 0) is 49.9 Å². The smallest absolute Gasteiger partial charge is 0.240 e. The maximum atomic E-state index is 13.4. The molecular formula is C25H30N6O2S. The van der Waals surface area contributed by atoms with Crippen molar-refractivity contribution in [3.8, 4) is 6.07 Å². The number of piperidine rings is 1. The number of anilines is 2. The molecule has 3 aromatic rings. The molecule has 0 N–H and O–H groups in total. The molecule has 0 spiro atoms. The Hall–Kier alpha value is -3.25. The van der Waals surface area contributed by atoms with Crippen LogP contribution in [0.5, 0.6) is 0 Å². The fraction of sp³-hybridized carbons (Fsp3) is 0.440. The average molecular weight is 479 g/mol. The van der Waals surface area contributed by atoms with E-state index in [0.717, 1.165) is 43.3 Å². The van der Waals surface area contributed by atoms with Gasteiger partial charge < -0.3 is 14.2 Å². The van der Waals surface area contributed by atoms with Gasteiger partial charge in [0.2, 0.25) is 11.9 Å². The number of carbonyl (C=O) groups excluding carboxylic acids is 1. The third-order valence-corrected chi connectivity index (χ3v) is 7.14. The van der Waals surface area contributed by atoms with Gasteiger partial charge in [0.05, 0.1) is 30.5 Å². The Morgan fingerprint density at radius 3 is 2.68 bits per heavy atom. The van der Waals surface area contributed by atoms with E-state index in [1.165, 1.54) is 11.8 Å². The minimum Gasteiger partial charge on any atom is -0.467 e. The highest BCUT2D eigenvalue weighted by molar-refractivity contribution is 8.00. The summed E-state index contributed by atoms with van der Waals surface area (Å²) in [5.41, 5.74) is 0.787. The van der Waals surface area contributed by atoms with Gasteiger partial charge in [0.25, 0.3) is 0 Å². The highest BCUT2D eigenvalue weighted by Gasteiger charge is 2.28. The monoisotopic (exact) mass is 478 g/mol. The lowest BCUT2D eigenvalue weighted by molar-refractivity contribution is -0.117. The molecule has 1 aliphatic heterocycles. The first-order valence-corrected chi connectivity index (χ1v) is 12.6. The molecule has 2 aromatic heterocycles. The van der Waals surface area contributed by atoms with Crippen molar-refractivity contribution in [1.29, 1.82) is 5.26 Å². The van der Waals surface area contributed by atoms with Crippen molar-refractivity contribution in [1.82, 2.24) is 14.8 Å². The summed E-state index contributed by atoms with van der Waals surface area (Å²) in [4.78, 5) is 17.4. The van der Waals surface area contributed by atoms with Crippen molar-refractivity contribution in [2.75, 3.05) is 29.4 Å². The van der Waals surface area contributed by atoms with Gasteiger partial charge in [0.15, 0.2) is 5.16 Å². The summed E-state index contributed by atoms with van der Waals surface area (Å²) in [5.74, 6) is 2.27. The van der Waals surface area contributed by atoms with Gasteiger partial charge >= 0.3 is 0 Å². The molecule has 1 atom stereocenters. The Labute approximate surface area is 204 Å². The van der Waals surface area contributed by atoms with E-state index in [9.17, 15) is 4.79 Å². The van der Waals surface area contributed by atoms with E-state index < -0.39 is 5.25 Å². The summed E-state index contributed by atoms with van der Waals surface area (Å²) < 4.78 is 7.65.